The molecule has 2 N–H and O–H groups in total. The number of benzene rings is 1. The zero-order valence-corrected chi connectivity index (χ0v) is 15.8. The van der Waals surface area contributed by atoms with Gasteiger partial charge in [0.2, 0.25) is 11.8 Å². The predicted octanol–water partition coefficient (Wildman–Crippen LogP) is 0.896. The number of hydrogen-bond acceptors (Lipinski definition) is 4. The minimum Gasteiger partial charge on any atom is -0.352 e. The van der Waals surface area contributed by atoms with Crippen molar-refractivity contribution in [3.63, 3.8) is 0 Å². The molecule has 2 aliphatic rings. The fraction of sp³-hybridized carbons (Fsp3) is 0.600. The lowest BCUT2D eigenvalue weighted by Gasteiger charge is -2.37. The Kier molecular flexibility index (Phi) is 6.27. The Hall–Kier alpha value is -1.92. The first-order chi connectivity index (χ1) is 12.5. The first-order valence-corrected chi connectivity index (χ1v) is 9.61. The Labute approximate surface area is 155 Å². The molecule has 3 rings (SSSR count). The average Bonchev–Trinajstić information content (AvgIpc) is 3.45. The third-order valence-electron chi connectivity index (χ3n) is 5.36. The molecule has 0 aromatic heterocycles. The van der Waals surface area contributed by atoms with Crippen LogP contribution >= 0.6 is 0 Å². The monoisotopic (exact) mass is 358 g/mol. The van der Waals surface area contributed by atoms with Crippen molar-refractivity contribution in [2.75, 3.05) is 32.7 Å². The molecule has 1 atom stereocenters. The molecule has 1 aliphatic heterocycles. The van der Waals surface area contributed by atoms with Gasteiger partial charge in [-0.2, -0.15) is 0 Å². The smallest absolute Gasteiger partial charge is 0.237 e. The van der Waals surface area contributed by atoms with Crippen LogP contribution in [0.1, 0.15) is 30.9 Å². The molecule has 2 fully saturated rings. The quantitative estimate of drug-likeness (QED) is 0.760. The molecule has 6 heteroatoms. The van der Waals surface area contributed by atoms with Crippen molar-refractivity contribution in [2.24, 2.45) is 0 Å². The van der Waals surface area contributed by atoms with Gasteiger partial charge in [0.25, 0.3) is 0 Å². The Morgan fingerprint density at radius 1 is 1.15 bits per heavy atom. The summed E-state index contributed by atoms with van der Waals surface area (Å²) in [5.41, 5.74) is 2.35. The second-order valence-corrected chi connectivity index (χ2v) is 7.47. The number of hydrogen-bond donors (Lipinski definition) is 2. The van der Waals surface area contributed by atoms with Gasteiger partial charge in [0.1, 0.15) is 0 Å². The third-order valence-corrected chi connectivity index (χ3v) is 5.36. The van der Waals surface area contributed by atoms with Crippen molar-refractivity contribution < 1.29 is 9.59 Å². The number of rotatable bonds is 7. The lowest BCUT2D eigenvalue weighted by Crippen LogP contribution is -2.55. The molecule has 1 unspecified atom stereocenters. The summed E-state index contributed by atoms with van der Waals surface area (Å²) in [6.45, 7) is 8.31. The third kappa shape index (κ3) is 5.29. The second-order valence-electron chi connectivity index (χ2n) is 7.47. The first-order valence-electron chi connectivity index (χ1n) is 9.61. The summed E-state index contributed by atoms with van der Waals surface area (Å²) < 4.78 is 0. The number of aryl methyl sites for hydroxylation is 1. The Balaban J connectivity index is 1.37. The van der Waals surface area contributed by atoms with E-state index in [0.717, 1.165) is 44.6 Å². The lowest BCUT2D eigenvalue weighted by molar-refractivity contribution is -0.128. The maximum Gasteiger partial charge on any atom is 0.237 e. The summed E-state index contributed by atoms with van der Waals surface area (Å²) in [6, 6.07) is 8.42. The van der Waals surface area contributed by atoms with Gasteiger partial charge in [-0.15, -0.1) is 0 Å². The Morgan fingerprint density at radius 2 is 1.85 bits per heavy atom. The maximum atomic E-state index is 12.2. The lowest BCUT2D eigenvalue weighted by atomic mass is 10.1. The Bertz CT molecular complexity index is 636. The molecule has 1 aliphatic carbocycles. The molecule has 2 amide bonds. The van der Waals surface area contributed by atoms with Crippen LogP contribution in [-0.2, 0) is 16.1 Å². The van der Waals surface area contributed by atoms with E-state index in [1.54, 1.807) is 0 Å². The minimum atomic E-state index is -0.0902. The summed E-state index contributed by atoms with van der Waals surface area (Å²) in [5, 5.41) is 6.08. The van der Waals surface area contributed by atoms with Crippen LogP contribution in [0.15, 0.2) is 24.3 Å². The van der Waals surface area contributed by atoms with Crippen molar-refractivity contribution in [1.29, 1.82) is 0 Å². The van der Waals surface area contributed by atoms with E-state index in [0.29, 0.717) is 19.1 Å². The summed E-state index contributed by atoms with van der Waals surface area (Å²) >= 11 is 0. The topological polar surface area (TPSA) is 64.7 Å². The molecule has 1 saturated carbocycles. The summed E-state index contributed by atoms with van der Waals surface area (Å²) in [5.74, 6) is 0.193. The summed E-state index contributed by atoms with van der Waals surface area (Å²) in [4.78, 5) is 28.8. The first kappa shape index (κ1) is 18.9. The highest BCUT2D eigenvalue weighted by Crippen LogP contribution is 2.19. The van der Waals surface area contributed by atoms with Crippen molar-refractivity contribution in [3.05, 3.63) is 35.4 Å². The predicted molar refractivity (Wildman–Crippen MR) is 102 cm³/mol. The van der Waals surface area contributed by atoms with Gasteiger partial charge in [0.15, 0.2) is 0 Å². The van der Waals surface area contributed by atoms with Gasteiger partial charge < -0.3 is 10.6 Å². The number of piperazine rings is 1. The average molecular weight is 358 g/mol. The van der Waals surface area contributed by atoms with Crippen LogP contribution in [0.5, 0.6) is 0 Å². The van der Waals surface area contributed by atoms with Gasteiger partial charge in [0, 0.05) is 38.8 Å². The molecule has 142 valence electrons. The van der Waals surface area contributed by atoms with Crippen molar-refractivity contribution >= 4 is 11.8 Å². The zero-order valence-electron chi connectivity index (χ0n) is 15.8. The van der Waals surface area contributed by atoms with Crippen LogP contribution in [0.25, 0.3) is 0 Å². The maximum absolute atomic E-state index is 12.2. The SMILES string of the molecule is Cc1ccccc1CNC(=O)CN1CCN(C(C)C(=O)NC2CC2)CC1. The summed E-state index contributed by atoms with van der Waals surface area (Å²) in [6.07, 6.45) is 2.23. The van der Waals surface area contributed by atoms with Gasteiger partial charge >= 0.3 is 0 Å². The molecule has 1 aromatic rings. The number of nitrogens with one attached hydrogen (secondary N) is 2. The molecule has 26 heavy (non-hydrogen) atoms. The van der Waals surface area contributed by atoms with Crippen LogP contribution in [0, 0.1) is 6.92 Å². The van der Waals surface area contributed by atoms with E-state index >= 15 is 0 Å². The molecule has 0 bridgehead atoms. The van der Waals surface area contributed by atoms with Gasteiger partial charge in [-0.25, -0.2) is 0 Å². The molecule has 0 spiro atoms. The van der Waals surface area contributed by atoms with Gasteiger partial charge in [-0.05, 0) is 37.8 Å². The number of carbonyl (C=O) groups is 2. The van der Waals surface area contributed by atoms with Crippen molar-refractivity contribution in [3.8, 4) is 0 Å². The number of nitrogens with zero attached hydrogens (tertiary/aromatic N) is 2. The van der Waals surface area contributed by atoms with Crippen molar-refractivity contribution in [2.45, 2.75) is 45.3 Å². The fourth-order valence-corrected chi connectivity index (χ4v) is 3.29. The van der Waals surface area contributed by atoms with E-state index in [2.05, 4.69) is 33.4 Å². The zero-order chi connectivity index (χ0) is 18.5. The Morgan fingerprint density at radius 3 is 2.50 bits per heavy atom. The largest absolute Gasteiger partial charge is 0.352 e. The highest BCUT2D eigenvalue weighted by Gasteiger charge is 2.30. The normalized spacial score (nSPS) is 19.8. The van der Waals surface area contributed by atoms with E-state index in [1.807, 2.05) is 25.1 Å². The fourth-order valence-electron chi connectivity index (χ4n) is 3.29. The molecule has 1 saturated heterocycles. The van der Waals surface area contributed by atoms with Crippen LogP contribution in [0.4, 0.5) is 0 Å². The van der Waals surface area contributed by atoms with Gasteiger partial charge in [-0.1, -0.05) is 24.3 Å². The van der Waals surface area contributed by atoms with E-state index in [1.165, 1.54) is 5.56 Å². The van der Waals surface area contributed by atoms with Crippen LogP contribution in [0.3, 0.4) is 0 Å². The minimum absolute atomic E-state index is 0.0567. The number of amides is 2. The summed E-state index contributed by atoms with van der Waals surface area (Å²) in [7, 11) is 0. The van der Waals surface area contributed by atoms with E-state index in [4.69, 9.17) is 0 Å². The van der Waals surface area contributed by atoms with E-state index < -0.39 is 0 Å². The van der Waals surface area contributed by atoms with Crippen LogP contribution in [0.2, 0.25) is 0 Å². The molecule has 1 heterocycles. The molecule has 6 nitrogen and oxygen atoms in total. The number of carbonyl (C=O) groups excluding carboxylic acids is 2. The van der Waals surface area contributed by atoms with Gasteiger partial charge in [-0.3, -0.25) is 19.4 Å². The van der Waals surface area contributed by atoms with Gasteiger partial charge in [0.05, 0.1) is 12.6 Å². The van der Waals surface area contributed by atoms with E-state index in [-0.39, 0.29) is 17.9 Å². The second kappa shape index (κ2) is 8.64. The molecular formula is C20H30N4O2. The molecule has 0 radical (unpaired) electrons. The van der Waals surface area contributed by atoms with Crippen LogP contribution < -0.4 is 10.6 Å². The van der Waals surface area contributed by atoms with Crippen LogP contribution in [-0.4, -0.2) is 66.4 Å². The van der Waals surface area contributed by atoms with Crippen molar-refractivity contribution in [1.82, 2.24) is 20.4 Å². The highest BCUT2D eigenvalue weighted by atomic mass is 16.2. The molecular weight excluding hydrogens is 328 g/mol. The molecule has 1 aromatic carbocycles. The van der Waals surface area contributed by atoms with E-state index in [9.17, 15) is 9.59 Å². The standard InChI is InChI=1S/C20H30N4O2/c1-15-5-3-4-6-17(15)13-21-19(25)14-23-9-11-24(12-10-23)16(2)20(26)22-18-7-8-18/h3-6,16,18H,7-14H2,1-2H3,(H,21,25)(H,22,26). The highest BCUT2D eigenvalue weighted by molar-refractivity contribution is 5.82.